The zero-order chi connectivity index (χ0) is 14.6. The first-order valence-electron chi connectivity index (χ1n) is 5.39. The molecule has 0 rings (SSSR count). The molecule has 0 bridgehead atoms. The van der Waals surface area contributed by atoms with Crippen molar-refractivity contribution in [2.45, 2.75) is 38.4 Å². The van der Waals surface area contributed by atoms with Gasteiger partial charge in [-0.15, -0.1) is 0 Å². The number of amides is 2. The molecule has 0 aromatic rings. The second-order valence-corrected chi connectivity index (χ2v) is 4.13. The number of rotatable bonds is 5. The van der Waals surface area contributed by atoms with Crippen LogP contribution in [0, 0.1) is 0 Å². The minimum Gasteiger partial charge on any atom is -0.479 e. The van der Waals surface area contributed by atoms with Crippen LogP contribution in [0.15, 0.2) is 0 Å². The van der Waals surface area contributed by atoms with Crippen molar-refractivity contribution in [2.24, 2.45) is 0 Å². The van der Waals surface area contributed by atoms with E-state index in [0.717, 1.165) is 11.3 Å². The van der Waals surface area contributed by atoms with Gasteiger partial charge >= 0.3 is 18.2 Å². The monoisotopic (exact) mass is 270 g/mol. The molecule has 2 N–H and O–H groups in total. The molecule has 0 aromatic carbocycles. The van der Waals surface area contributed by atoms with Crippen molar-refractivity contribution in [3.8, 4) is 0 Å². The van der Waals surface area contributed by atoms with Gasteiger partial charge in [-0.1, -0.05) is 13.3 Å². The van der Waals surface area contributed by atoms with Gasteiger partial charge in [0.2, 0.25) is 5.54 Å². The average Bonchev–Trinajstić information content (AvgIpc) is 2.23. The molecule has 0 radical (unpaired) electrons. The number of halogens is 3. The Bertz CT molecular complexity index is 320. The van der Waals surface area contributed by atoms with Gasteiger partial charge in [-0.2, -0.15) is 13.2 Å². The molecule has 0 saturated carbocycles. The molecule has 1 atom stereocenters. The minimum absolute atomic E-state index is 0.260. The standard InChI is InChI=1S/C10H17F3N2O3/c1-4-5-6-15(3)8(18)14-9(2,7(16)17)10(11,12)13/h4-6H2,1-3H3,(H,14,18)(H,16,17). The predicted molar refractivity (Wildman–Crippen MR) is 58.2 cm³/mol. The Hall–Kier alpha value is -1.47. The lowest BCUT2D eigenvalue weighted by atomic mass is 10.0. The largest absolute Gasteiger partial charge is 0.479 e. The average molecular weight is 270 g/mol. The van der Waals surface area contributed by atoms with E-state index in [9.17, 15) is 22.8 Å². The van der Waals surface area contributed by atoms with Gasteiger partial charge in [0.15, 0.2) is 0 Å². The van der Waals surface area contributed by atoms with Crippen LogP contribution in [0.1, 0.15) is 26.7 Å². The highest BCUT2D eigenvalue weighted by molar-refractivity contribution is 5.86. The normalized spacial score (nSPS) is 14.8. The van der Waals surface area contributed by atoms with Crippen molar-refractivity contribution >= 4 is 12.0 Å². The fourth-order valence-corrected chi connectivity index (χ4v) is 1.05. The molecular formula is C10H17F3N2O3. The van der Waals surface area contributed by atoms with E-state index in [-0.39, 0.29) is 6.54 Å². The summed E-state index contributed by atoms with van der Waals surface area (Å²) in [4.78, 5) is 23.2. The van der Waals surface area contributed by atoms with E-state index < -0.39 is 23.7 Å². The number of nitrogens with zero attached hydrogens (tertiary/aromatic N) is 1. The molecule has 1 unspecified atom stereocenters. The number of carboxylic acids is 1. The van der Waals surface area contributed by atoms with Crippen LogP contribution in [0.3, 0.4) is 0 Å². The van der Waals surface area contributed by atoms with Crippen molar-refractivity contribution in [1.29, 1.82) is 0 Å². The maximum Gasteiger partial charge on any atom is 0.422 e. The molecule has 5 nitrogen and oxygen atoms in total. The van der Waals surface area contributed by atoms with E-state index >= 15 is 0 Å². The van der Waals surface area contributed by atoms with Crippen LogP contribution in [-0.4, -0.2) is 47.3 Å². The SMILES string of the molecule is CCCCN(C)C(=O)NC(C)(C(=O)O)C(F)(F)F. The maximum atomic E-state index is 12.6. The quantitative estimate of drug-likeness (QED) is 0.800. The predicted octanol–water partition coefficient (Wildman–Crippen LogP) is 1.83. The number of alkyl halides is 3. The second-order valence-electron chi connectivity index (χ2n) is 4.13. The molecule has 2 amide bonds. The van der Waals surface area contributed by atoms with Gasteiger partial charge in [0.05, 0.1) is 0 Å². The third-order valence-corrected chi connectivity index (χ3v) is 2.55. The Morgan fingerprint density at radius 1 is 1.33 bits per heavy atom. The Labute approximate surface area is 103 Å². The van der Waals surface area contributed by atoms with Crippen molar-refractivity contribution in [3.63, 3.8) is 0 Å². The Morgan fingerprint density at radius 3 is 2.17 bits per heavy atom. The number of urea groups is 1. The zero-order valence-corrected chi connectivity index (χ0v) is 10.5. The van der Waals surface area contributed by atoms with E-state index in [2.05, 4.69) is 0 Å². The molecule has 8 heteroatoms. The number of aliphatic carboxylic acids is 1. The fraction of sp³-hybridized carbons (Fsp3) is 0.800. The minimum atomic E-state index is -5.07. The van der Waals surface area contributed by atoms with Gasteiger partial charge in [-0.25, -0.2) is 9.59 Å². The first-order valence-corrected chi connectivity index (χ1v) is 5.39. The lowest BCUT2D eigenvalue weighted by Crippen LogP contribution is -2.63. The smallest absolute Gasteiger partial charge is 0.422 e. The van der Waals surface area contributed by atoms with Crippen LogP contribution < -0.4 is 5.32 Å². The van der Waals surface area contributed by atoms with E-state index in [4.69, 9.17) is 5.11 Å². The van der Waals surface area contributed by atoms with E-state index in [1.165, 1.54) is 12.4 Å². The zero-order valence-electron chi connectivity index (χ0n) is 10.5. The molecule has 0 spiro atoms. The summed E-state index contributed by atoms with van der Waals surface area (Å²) in [6.07, 6.45) is -3.67. The van der Waals surface area contributed by atoms with Crippen molar-refractivity contribution in [3.05, 3.63) is 0 Å². The number of carboxylic acid groups (broad SMARTS) is 1. The van der Waals surface area contributed by atoms with Crippen molar-refractivity contribution < 1.29 is 27.9 Å². The summed E-state index contributed by atoms with van der Waals surface area (Å²) in [5, 5.41) is 10.1. The first-order chi connectivity index (χ1) is 8.06. The maximum absolute atomic E-state index is 12.6. The van der Waals surface area contributed by atoms with Crippen LogP contribution in [0.5, 0.6) is 0 Å². The second kappa shape index (κ2) is 5.92. The highest BCUT2D eigenvalue weighted by Gasteiger charge is 2.58. The molecule has 0 saturated heterocycles. The Balaban J connectivity index is 4.82. The van der Waals surface area contributed by atoms with Gasteiger partial charge in [0.1, 0.15) is 0 Å². The van der Waals surface area contributed by atoms with Crippen LogP contribution in [0.4, 0.5) is 18.0 Å². The number of carbonyl (C=O) groups excluding carboxylic acids is 1. The number of nitrogens with one attached hydrogen (secondary N) is 1. The molecule has 0 heterocycles. The van der Waals surface area contributed by atoms with Crippen molar-refractivity contribution in [2.75, 3.05) is 13.6 Å². The number of hydrogen-bond acceptors (Lipinski definition) is 2. The van der Waals surface area contributed by atoms with E-state index in [0.29, 0.717) is 13.3 Å². The van der Waals surface area contributed by atoms with Crippen LogP contribution >= 0.6 is 0 Å². The lowest BCUT2D eigenvalue weighted by molar-refractivity contribution is -0.203. The van der Waals surface area contributed by atoms with E-state index in [1.54, 1.807) is 0 Å². The molecule has 0 aliphatic carbocycles. The fourth-order valence-electron chi connectivity index (χ4n) is 1.05. The van der Waals surface area contributed by atoms with Gasteiger partial charge < -0.3 is 15.3 Å². The summed E-state index contributed by atoms with van der Waals surface area (Å²) in [6.45, 7) is 2.54. The number of carbonyl (C=O) groups is 2. The molecule has 18 heavy (non-hydrogen) atoms. The summed E-state index contributed by atoms with van der Waals surface area (Å²) >= 11 is 0. The molecule has 0 fully saturated rings. The van der Waals surface area contributed by atoms with Gasteiger partial charge in [0, 0.05) is 13.6 Å². The number of hydrogen-bond donors (Lipinski definition) is 2. The Morgan fingerprint density at radius 2 is 1.83 bits per heavy atom. The summed E-state index contributed by atoms with van der Waals surface area (Å²) in [5.74, 6) is -2.15. The Kier molecular flexibility index (Phi) is 5.44. The van der Waals surface area contributed by atoms with Gasteiger partial charge in [0.25, 0.3) is 0 Å². The molecule has 106 valence electrons. The van der Waals surface area contributed by atoms with Crippen LogP contribution in [-0.2, 0) is 4.79 Å². The first kappa shape index (κ1) is 16.5. The topological polar surface area (TPSA) is 69.6 Å². The highest BCUT2D eigenvalue weighted by atomic mass is 19.4. The summed E-state index contributed by atoms with van der Waals surface area (Å²) in [6, 6.07) is -1.06. The van der Waals surface area contributed by atoms with Gasteiger partial charge in [-0.05, 0) is 13.3 Å². The summed E-state index contributed by atoms with van der Waals surface area (Å²) in [5.41, 5.74) is -3.29. The van der Waals surface area contributed by atoms with Crippen LogP contribution in [0.25, 0.3) is 0 Å². The highest BCUT2D eigenvalue weighted by Crippen LogP contribution is 2.30. The molecule has 0 aliphatic rings. The summed E-state index contributed by atoms with van der Waals surface area (Å²) < 4.78 is 37.9. The van der Waals surface area contributed by atoms with Crippen molar-refractivity contribution in [1.82, 2.24) is 10.2 Å². The number of unbranched alkanes of at least 4 members (excludes halogenated alkanes) is 1. The van der Waals surface area contributed by atoms with E-state index in [1.807, 2.05) is 6.92 Å². The molecular weight excluding hydrogens is 253 g/mol. The molecule has 0 aliphatic heterocycles. The van der Waals surface area contributed by atoms with Crippen LogP contribution in [0.2, 0.25) is 0 Å². The third kappa shape index (κ3) is 3.78. The summed E-state index contributed by atoms with van der Waals surface area (Å²) in [7, 11) is 1.31. The third-order valence-electron chi connectivity index (χ3n) is 2.55. The molecule has 0 aromatic heterocycles. The van der Waals surface area contributed by atoms with Gasteiger partial charge in [-0.3, -0.25) is 0 Å². The lowest BCUT2D eigenvalue weighted by Gasteiger charge is -2.30.